The number of hydrogen-bond donors (Lipinski definition) is 0. The average molecular weight is 689 g/mol. The molecule has 0 N–H and O–H groups in total. The maximum absolute atomic E-state index is 2.59. The summed E-state index contributed by atoms with van der Waals surface area (Å²) in [4.78, 5) is 0. The molecule has 2 nitrogen and oxygen atoms in total. The molecule has 270 valence electrons. The molecule has 2 aromatic heterocycles. The molecule has 5 aromatic carbocycles. The van der Waals surface area contributed by atoms with Crippen molar-refractivity contribution >= 4 is 43.6 Å². The predicted octanol–water partition coefficient (Wildman–Crippen LogP) is 14.4. The number of rotatable bonds is 2. The largest absolute Gasteiger partial charge is 0.309 e. The van der Waals surface area contributed by atoms with Gasteiger partial charge in [-0.3, -0.25) is 0 Å². The van der Waals surface area contributed by atoms with Crippen LogP contribution in [0.25, 0.3) is 55.0 Å². The molecule has 0 amide bonds. The van der Waals surface area contributed by atoms with E-state index in [1.165, 1.54) is 82.8 Å². The maximum Gasteiger partial charge on any atom is 0.0599 e. The lowest BCUT2D eigenvalue weighted by Gasteiger charge is -2.29. The topological polar surface area (TPSA) is 9.86 Å². The van der Waals surface area contributed by atoms with E-state index in [1.54, 1.807) is 0 Å². The molecule has 0 saturated carbocycles. The van der Waals surface area contributed by atoms with Gasteiger partial charge in [0.2, 0.25) is 0 Å². The summed E-state index contributed by atoms with van der Waals surface area (Å²) in [5, 5.41) is 5.23. The van der Waals surface area contributed by atoms with Gasteiger partial charge >= 0.3 is 0 Å². The van der Waals surface area contributed by atoms with Gasteiger partial charge in [0.05, 0.1) is 27.8 Å². The molecular formula is C50H60N2. The Morgan fingerprint density at radius 1 is 0.346 bits per heavy atom. The first-order chi connectivity index (χ1) is 24.0. The fourth-order valence-corrected chi connectivity index (χ4v) is 8.06. The van der Waals surface area contributed by atoms with Crippen molar-refractivity contribution in [1.29, 1.82) is 0 Å². The van der Waals surface area contributed by atoms with Crippen molar-refractivity contribution in [3.63, 3.8) is 0 Å². The van der Waals surface area contributed by atoms with Gasteiger partial charge in [0.1, 0.15) is 0 Å². The third kappa shape index (κ3) is 5.97. The second-order valence-electron chi connectivity index (χ2n) is 20.5. The summed E-state index contributed by atoms with van der Waals surface area (Å²) in [7, 11) is 0. The van der Waals surface area contributed by atoms with Gasteiger partial charge in [0, 0.05) is 32.8 Å². The Kier molecular flexibility index (Phi) is 8.05. The van der Waals surface area contributed by atoms with Crippen LogP contribution in [-0.4, -0.2) is 9.13 Å². The second kappa shape index (κ2) is 11.6. The van der Waals surface area contributed by atoms with Gasteiger partial charge in [-0.25, -0.2) is 0 Å². The van der Waals surface area contributed by atoms with Crippen molar-refractivity contribution in [1.82, 2.24) is 9.13 Å². The summed E-state index contributed by atoms with van der Waals surface area (Å²) in [6, 6.07) is 35.5. The second-order valence-corrected chi connectivity index (χ2v) is 20.5. The molecule has 7 rings (SSSR count). The van der Waals surface area contributed by atoms with Crippen LogP contribution in [0.1, 0.15) is 132 Å². The summed E-state index contributed by atoms with van der Waals surface area (Å²) in [5.41, 5.74) is 14.3. The lowest BCUT2D eigenvalue weighted by Crippen LogP contribution is -2.19. The van der Waals surface area contributed by atoms with E-state index < -0.39 is 0 Å². The van der Waals surface area contributed by atoms with E-state index >= 15 is 0 Å². The first kappa shape index (κ1) is 36.1. The molecule has 0 bridgehead atoms. The highest BCUT2D eigenvalue weighted by Gasteiger charge is 2.30. The Hall–Kier alpha value is -4.30. The number of aromatic nitrogens is 2. The SMILES string of the molecule is CC(C)(C)c1cc(-n2c3ccccc3c3ccc(-n4c5ccc(C(C)(C)C)cc5c5cc(C(C)(C)C)ccc54)c(C(C)(C)C)c32)cc(C(C)(C)C)c1. The van der Waals surface area contributed by atoms with Gasteiger partial charge in [-0.15, -0.1) is 0 Å². The number of nitrogens with zero attached hydrogens (tertiary/aromatic N) is 2. The highest BCUT2D eigenvalue weighted by atomic mass is 15.0. The predicted molar refractivity (Wildman–Crippen MR) is 229 cm³/mol. The van der Waals surface area contributed by atoms with Gasteiger partial charge in [-0.1, -0.05) is 146 Å². The molecule has 0 atom stereocenters. The molecule has 0 saturated heterocycles. The lowest BCUT2D eigenvalue weighted by atomic mass is 9.80. The normalized spacial score (nSPS) is 13.7. The molecule has 2 heterocycles. The van der Waals surface area contributed by atoms with E-state index in [1.807, 2.05) is 0 Å². The van der Waals surface area contributed by atoms with Crippen LogP contribution in [-0.2, 0) is 27.1 Å². The molecule has 52 heavy (non-hydrogen) atoms. The quantitative estimate of drug-likeness (QED) is 0.171. The van der Waals surface area contributed by atoms with Crippen molar-refractivity contribution in [2.24, 2.45) is 0 Å². The lowest BCUT2D eigenvalue weighted by molar-refractivity contribution is 0.567. The summed E-state index contributed by atoms with van der Waals surface area (Å²) >= 11 is 0. The standard InChI is InChI=1S/C50H60N2/c1-46(2,3)31-20-23-41-38(29-31)39-30-32(47(4,5)6)21-24-42(39)52(41)43-25-22-37-36-18-16-17-19-40(36)51(45(37)44(43)50(13,14)15)35-27-33(48(7,8)9)26-34(28-35)49(10,11)12/h16-30H,1-15H3. The third-order valence-electron chi connectivity index (χ3n) is 11.2. The minimum absolute atomic E-state index is 0.00752. The minimum atomic E-state index is -0.172. The van der Waals surface area contributed by atoms with Crippen molar-refractivity contribution in [2.45, 2.75) is 131 Å². The van der Waals surface area contributed by atoms with Crippen LogP contribution in [0.3, 0.4) is 0 Å². The van der Waals surface area contributed by atoms with Gasteiger partial charge in [0.25, 0.3) is 0 Å². The van der Waals surface area contributed by atoms with E-state index in [9.17, 15) is 0 Å². The van der Waals surface area contributed by atoms with Crippen molar-refractivity contribution in [3.05, 3.63) is 119 Å². The third-order valence-corrected chi connectivity index (χ3v) is 11.2. The zero-order valence-electron chi connectivity index (χ0n) is 34.6. The zero-order valence-corrected chi connectivity index (χ0v) is 34.6. The summed E-state index contributed by atoms with van der Waals surface area (Å²) < 4.78 is 5.15. The average Bonchev–Trinajstić information content (AvgIpc) is 3.54. The molecule has 0 aliphatic rings. The molecule has 7 aromatic rings. The molecule has 0 aliphatic heterocycles. The molecular weight excluding hydrogens is 629 g/mol. The van der Waals surface area contributed by atoms with Gasteiger partial charge in [0.15, 0.2) is 0 Å². The Balaban J connectivity index is 1.68. The van der Waals surface area contributed by atoms with E-state index in [2.05, 4.69) is 204 Å². The van der Waals surface area contributed by atoms with Gasteiger partial charge in [-0.2, -0.15) is 0 Å². The zero-order chi connectivity index (χ0) is 37.9. The van der Waals surface area contributed by atoms with E-state index in [0.717, 1.165) is 0 Å². The van der Waals surface area contributed by atoms with E-state index in [-0.39, 0.29) is 27.1 Å². The fraction of sp³-hybridized carbons (Fsp3) is 0.400. The van der Waals surface area contributed by atoms with Crippen LogP contribution in [0, 0.1) is 0 Å². The van der Waals surface area contributed by atoms with Crippen LogP contribution in [0.4, 0.5) is 0 Å². The Morgan fingerprint density at radius 3 is 1.27 bits per heavy atom. The minimum Gasteiger partial charge on any atom is -0.309 e. The van der Waals surface area contributed by atoms with Gasteiger partial charge in [-0.05, 0) is 97.9 Å². The molecule has 0 fully saturated rings. The molecule has 0 radical (unpaired) electrons. The Bertz CT molecular complexity index is 2410. The molecule has 0 spiro atoms. The summed E-state index contributed by atoms with van der Waals surface area (Å²) in [6.07, 6.45) is 0. The van der Waals surface area contributed by atoms with Crippen LogP contribution in [0.2, 0.25) is 0 Å². The maximum atomic E-state index is 2.59. The van der Waals surface area contributed by atoms with Crippen LogP contribution in [0.5, 0.6) is 0 Å². The van der Waals surface area contributed by atoms with Crippen LogP contribution in [0.15, 0.2) is 91.0 Å². The smallest absolute Gasteiger partial charge is 0.0599 e. The van der Waals surface area contributed by atoms with Gasteiger partial charge < -0.3 is 9.13 Å². The molecule has 0 aliphatic carbocycles. The van der Waals surface area contributed by atoms with E-state index in [0.29, 0.717) is 0 Å². The summed E-state index contributed by atoms with van der Waals surface area (Å²) in [5.74, 6) is 0. The fourth-order valence-electron chi connectivity index (χ4n) is 8.06. The highest BCUT2D eigenvalue weighted by molar-refractivity contribution is 6.13. The van der Waals surface area contributed by atoms with Crippen LogP contribution < -0.4 is 0 Å². The first-order valence-electron chi connectivity index (χ1n) is 19.3. The number of benzene rings is 5. The Labute approximate surface area is 312 Å². The van der Waals surface area contributed by atoms with Crippen molar-refractivity contribution < 1.29 is 0 Å². The van der Waals surface area contributed by atoms with Crippen molar-refractivity contribution in [3.8, 4) is 11.4 Å². The van der Waals surface area contributed by atoms with Crippen molar-refractivity contribution in [2.75, 3.05) is 0 Å². The van der Waals surface area contributed by atoms with Crippen LogP contribution >= 0.6 is 0 Å². The first-order valence-corrected chi connectivity index (χ1v) is 19.3. The highest BCUT2D eigenvalue weighted by Crippen LogP contribution is 2.45. The number of hydrogen-bond acceptors (Lipinski definition) is 0. The molecule has 0 unspecified atom stereocenters. The monoisotopic (exact) mass is 688 g/mol. The molecule has 2 heteroatoms. The number of fused-ring (bicyclic) bond motifs is 6. The van der Waals surface area contributed by atoms with E-state index in [4.69, 9.17) is 0 Å². The number of para-hydroxylation sites is 1. The summed E-state index contributed by atoms with van der Waals surface area (Å²) in [6.45, 7) is 35.1. The Morgan fingerprint density at radius 2 is 0.808 bits per heavy atom.